The quantitative estimate of drug-likeness (QED) is 0.636. The highest BCUT2D eigenvalue weighted by molar-refractivity contribution is 6.01. The SMILES string of the molecule is COC(=O)c1ccccc1NC(=O)Cn1cc(-c2nc(C(C)C)no2)ccc1=O. The molecule has 0 bridgehead atoms. The first-order valence-electron chi connectivity index (χ1n) is 8.90. The smallest absolute Gasteiger partial charge is 0.339 e. The molecule has 150 valence electrons. The van der Waals surface area contributed by atoms with Crippen molar-refractivity contribution in [2.24, 2.45) is 0 Å². The Kier molecular flexibility index (Phi) is 5.87. The summed E-state index contributed by atoms with van der Waals surface area (Å²) in [5.74, 6) is -0.140. The summed E-state index contributed by atoms with van der Waals surface area (Å²) in [6.45, 7) is 3.62. The fourth-order valence-corrected chi connectivity index (χ4v) is 2.59. The second kappa shape index (κ2) is 8.51. The van der Waals surface area contributed by atoms with Crippen LogP contribution in [0.15, 0.2) is 51.9 Å². The van der Waals surface area contributed by atoms with Crippen LogP contribution in [0.4, 0.5) is 5.69 Å². The van der Waals surface area contributed by atoms with E-state index in [4.69, 9.17) is 9.26 Å². The van der Waals surface area contributed by atoms with Crippen LogP contribution in [0, 0.1) is 0 Å². The lowest BCUT2D eigenvalue weighted by molar-refractivity contribution is -0.116. The number of nitrogens with zero attached hydrogens (tertiary/aromatic N) is 3. The zero-order valence-corrected chi connectivity index (χ0v) is 16.2. The van der Waals surface area contributed by atoms with E-state index in [2.05, 4.69) is 15.5 Å². The van der Waals surface area contributed by atoms with Crippen molar-refractivity contribution in [1.82, 2.24) is 14.7 Å². The van der Waals surface area contributed by atoms with Gasteiger partial charge in [0.05, 0.1) is 23.9 Å². The largest absolute Gasteiger partial charge is 0.465 e. The Labute approximate surface area is 166 Å². The number of para-hydroxylation sites is 1. The van der Waals surface area contributed by atoms with Crippen LogP contribution < -0.4 is 10.9 Å². The van der Waals surface area contributed by atoms with Gasteiger partial charge in [-0.15, -0.1) is 0 Å². The van der Waals surface area contributed by atoms with E-state index in [1.54, 1.807) is 24.3 Å². The van der Waals surface area contributed by atoms with Gasteiger partial charge in [0.15, 0.2) is 5.82 Å². The highest BCUT2D eigenvalue weighted by atomic mass is 16.5. The third-order valence-corrected chi connectivity index (χ3v) is 4.11. The second-order valence-electron chi connectivity index (χ2n) is 6.58. The molecular formula is C20H20N4O5. The molecule has 0 spiro atoms. The number of carbonyl (C=O) groups excluding carboxylic acids is 2. The molecule has 0 aliphatic rings. The number of aromatic nitrogens is 3. The van der Waals surface area contributed by atoms with Gasteiger partial charge in [-0.1, -0.05) is 31.1 Å². The van der Waals surface area contributed by atoms with Crippen molar-refractivity contribution in [3.63, 3.8) is 0 Å². The molecule has 3 rings (SSSR count). The Morgan fingerprint density at radius 2 is 1.97 bits per heavy atom. The number of nitrogens with one attached hydrogen (secondary N) is 1. The summed E-state index contributed by atoms with van der Waals surface area (Å²) in [5, 5.41) is 6.53. The molecule has 1 amide bonds. The molecule has 0 unspecified atom stereocenters. The van der Waals surface area contributed by atoms with Gasteiger partial charge in [-0.05, 0) is 18.2 Å². The molecule has 2 aromatic heterocycles. The normalized spacial score (nSPS) is 10.8. The van der Waals surface area contributed by atoms with Gasteiger partial charge >= 0.3 is 5.97 Å². The summed E-state index contributed by atoms with van der Waals surface area (Å²) >= 11 is 0. The summed E-state index contributed by atoms with van der Waals surface area (Å²) in [6.07, 6.45) is 1.48. The molecule has 2 heterocycles. The van der Waals surface area contributed by atoms with Crippen LogP contribution in [0.2, 0.25) is 0 Å². The molecule has 1 N–H and O–H groups in total. The van der Waals surface area contributed by atoms with Gasteiger partial charge in [-0.2, -0.15) is 4.98 Å². The third-order valence-electron chi connectivity index (χ3n) is 4.11. The fourth-order valence-electron chi connectivity index (χ4n) is 2.59. The van der Waals surface area contributed by atoms with E-state index in [-0.39, 0.29) is 29.5 Å². The molecule has 0 aliphatic heterocycles. The highest BCUT2D eigenvalue weighted by Crippen LogP contribution is 2.19. The predicted octanol–water partition coefficient (Wildman–Crippen LogP) is 2.45. The molecule has 3 aromatic rings. The summed E-state index contributed by atoms with van der Waals surface area (Å²) in [4.78, 5) is 40.8. The minimum Gasteiger partial charge on any atom is -0.465 e. The first-order chi connectivity index (χ1) is 13.9. The zero-order chi connectivity index (χ0) is 21.0. The van der Waals surface area contributed by atoms with E-state index in [0.717, 1.165) is 0 Å². The molecule has 0 saturated heterocycles. The molecule has 0 fully saturated rings. The van der Waals surface area contributed by atoms with E-state index in [1.807, 2.05) is 13.8 Å². The Bertz CT molecular complexity index is 1100. The number of ether oxygens (including phenoxy) is 1. The summed E-state index contributed by atoms with van der Waals surface area (Å²) < 4.78 is 11.2. The van der Waals surface area contributed by atoms with E-state index < -0.39 is 11.9 Å². The standard InChI is InChI=1S/C20H20N4O5/c1-12(2)18-22-19(29-23-18)13-8-9-17(26)24(10-13)11-16(25)21-15-7-5-4-6-14(15)20(27)28-3/h4-10,12H,11H2,1-3H3,(H,21,25). The lowest BCUT2D eigenvalue weighted by atomic mass is 10.2. The minimum atomic E-state index is -0.572. The Morgan fingerprint density at radius 1 is 1.21 bits per heavy atom. The highest BCUT2D eigenvalue weighted by Gasteiger charge is 2.16. The molecular weight excluding hydrogens is 376 g/mol. The number of pyridine rings is 1. The Balaban J connectivity index is 1.81. The van der Waals surface area contributed by atoms with Crippen LogP contribution in [-0.2, 0) is 16.1 Å². The van der Waals surface area contributed by atoms with Gasteiger partial charge in [0, 0.05) is 18.2 Å². The Morgan fingerprint density at radius 3 is 2.66 bits per heavy atom. The van der Waals surface area contributed by atoms with Gasteiger partial charge in [0.1, 0.15) is 6.54 Å². The fraction of sp³-hybridized carbons (Fsp3) is 0.250. The molecule has 0 atom stereocenters. The number of hydrogen-bond acceptors (Lipinski definition) is 7. The van der Waals surface area contributed by atoms with Crippen molar-refractivity contribution in [3.05, 3.63) is 64.3 Å². The third kappa shape index (κ3) is 4.57. The van der Waals surface area contributed by atoms with E-state index in [0.29, 0.717) is 17.1 Å². The maximum absolute atomic E-state index is 12.5. The van der Waals surface area contributed by atoms with Crippen molar-refractivity contribution in [2.75, 3.05) is 12.4 Å². The average molecular weight is 396 g/mol. The van der Waals surface area contributed by atoms with Gasteiger partial charge in [0.25, 0.3) is 11.4 Å². The van der Waals surface area contributed by atoms with Crippen LogP contribution in [0.25, 0.3) is 11.5 Å². The maximum atomic E-state index is 12.5. The number of methoxy groups -OCH3 is 1. The lowest BCUT2D eigenvalue weighted by Gasteiger charge is -2.11. The van der Waals surface area contributed by atoms with Gasteiger partial charge < -0.3 is 19.1 Å². The Hall–Kier alpha value is -3.75. The summed E-state index contributed by atoms with van der Waals surface area (Å²) in [5.41, 5.74) is 0.670. The second-order valence-corrected chi connectivity index (χ2v) is 6.58. The number of esters is 1. The monoisotopic (exact) mass is 396 g/mol. The van der Waals surface area contributed by atoms with Crippen LogP contribution in [-0.4, -0.2) is 33.7 Å². The first-order valence-corrected chi connectivity index (χ1v) is 8.90. The number of benzene rings is 1. The lowest BCUT2D eigenvalue weighted by Crippen LogP contribution is -2.27. The van der Waals surface area contributed by atoms with Crippen molar-refractivity contribution >= 4 is 17.6 Å². The van der Waals surface area contributed by atoms with Gasteiger partial charge in [-0.25, -0.2) is 4.79 Å². The number of amides is 1. The molecule has 1 aromatic carbocycles. The van der Waals surface area contributed by atoms with E-state index in [9.17, 15) is 14.4 Å². The molecule has 29 heavy (non-hydrogen) atoms. The topological polar surface area (TPSA) is 116 Å². The first kappa shape index (κ1) is 20.0. The van der Waals surface area contributed by atoms with Crippen LogP contribution in [0.5, 0.6) is 0 Å². The van der Waals surface area contributed by atoms with Gasteiger partial charge in [-0.3, -0.25) is 9.59 Å². The van der Waals surface area contributed by atoms with Crippen LogP contribution in [0.1, 0.15) is 35.9 Å². The van der Waals surface area contributed by atoms with E-state index in [1.165, 1.54) is 30.0 Å². The minimum absolute atomic E-state index is 0.0964. The molecule has 0 radical (unpaired) electrons. The van der Waals surface area contributed by atoms with Crippen molar-refractivity contribution < 1.29 is 18.8 Å². The molecule has 0 saturated carbocycles. The zero-order valence-electron chi connectivity index (χ0n) is 16.2. The number of hydrogen-bond donors (Lipinski definition) is 1. The van der Waals surface area contributed by atoms with Crippen molar-refractivity contribution in [1.29, 1.82) is 0 Å². The summed E-state index contributed by atoms with van der Waals surface area (Å²) in [6, 6.07) is 9.33. The van der Waals surface area contributed by atoms with Crippen LogP contribution in [0.3, 0.4) is 0 Å². The summed E-state index contributed by atoms with van der Waals surface area (Å²) in [7, 11) is 1.26. The van der Waals surface area contributed by atoms with Gasteiger partial charge in [0.2, 0.25) is 5.91 Å². The number of carbonyl (C=O) groups is 2. The molecule has 9 heteroatoms. The number of rotatable bonds is 6. The predicted molar refractivity (Wildman–Crippen MR) is 104 cm³/mol. The van der Waals surface area contributed by atoms with Crippen LogP contribution >= 0.6 is 0 Å². The maximum Gasteiger partial charge on any atom is 0.339 e. The molecule has 0 aliphatic carbocycles. The van der Waals surface area contributed by atoms with Crippen molar-refractivity contribution in [2.45, 2.75) is 26.3 Å². The van der Waals surface area contributed by atoms with Crippen molar-refractivity contribution in [3.8, 4) is 11.5 Å². The molecule has 9 nitrogen and oxygen atoms in total. The average Bonchev–Trinajstić information content (AvgIpc) is 3.20. The number of anilines is 1. The van der Waals surface area contributed by atoms with E-state index >= 15 is 0 Å².